The summed E-state index contributed by atoms with van der Waals surface area (Å²) in [5, 5.41) is 22.6. The standard InChI is InChI=1S/C28H40F2N2O5S/c1-5-21-17-20(9-6-13-27(34)35)14-15-26(21)38(36,37)32(4)19-22(33)18-31-28(2,3)16-8-10-23-24(29)11-7-12-25(23)30/h7,11-12,14-15,17,22,31,33H,5-6,8-10,13,16,18-19H2,1-4H3,(H,34,35)/t22-/m1/s1. The van der Waals surface area contributed by atoms with Crippen molar-refractivity contribution in [3.63, 3.8) is 0 Å². The number of halogens is 2. The van der Waals surface area contributed by atoms with Crippen molar-refractivity contribution in [2.45, 2.75) is 82.3 Å². The van der Waals surface area contributed by atoms with E-state index in [0.717, 1.165) is 9.87 Å². The van der Waals surface area contributed by atoms with Gasteiger partial charge in [0.2, 0.25) is 10.0 Å². The van der Waals surface area contributed by atoms with E-state index in [1.165, 1.54) is 25.2 Å². The molecule has 2 rings (SSSR count). The minimum atomic E-state index is -3.85. The van der Waals surface area contributed by atoms with Crippen molar-refractivity contribution in [1.82, 2.24) is 9.62 Å². The third-order valence-corrected chi connectivity index (χ3v) is 8.55. The van der Waals surface area contributed by atoms with E-state index in [-0.39, 0.29) is 36.4 Å². The highest BCUT2D eigenvalue weighted by Crippen LogP contribution is 2.23. The van der Waals surface area contributed by atoms with Crippen LogP contribution in [0, 0.1) is 11.6 Å². The van der Waals surface area contributed by atoms with Gasteiger partial charge in [0, 0.05) is 37.7 Å². The highest BCUT2D eigenvalue weighted by atomic mass is 32.2. The predicted molar refractivity (Wildman–Crippen MR) is 144 cm³/mol. The molecule has 0 bridgehead atoms. The van der Waals surface area contributed by atoms with Crippen molar-refractivity contribution in [2.75, 3.05) is 20.1 Å². The molecule has 0 aromatic heterocycles. The number of hydrogen-bond acceptors (Lipinski definition) is 5. The number of carbonyl (C=O) groups is 1. The van der Waals surface area contributed by atoms with Crippen LogP contribution in [0.2, 0.25) is 0 Å². The second-order valence-electron chi connectivity index (χ2n) is 10.3. The third-order valence-electron chi connectivity index (χ3n) is 6.62. The molecular weight excluding hydrogens is 514 g/mol. The van der Waals surface area contributed by atoms with E-state index < -0.39 is 39.3 Å². The number of carboxylic acids is 1. The maximum absolute atomic E-state index is 13.8. The summed E-state index contributed by atoms with van der Waals surface area (Å²) in [7, 11) is -2.43. The molecule has 0 aliphatic heterocycles. The van der Waals surface area contributed by atoms with Crippen LogP contribution in [-0.4, -0.2) is 60.7 Å². The second-order valence-corrected chi connectivity index (χ2v) is 12.3. The summed E-state index contributed by atoms with van der Waals surface area (Å²) in [6, 6.07) is 8.87. The maximum Gasteiger partial charge on any atom is 0.303 e. The minimum Gasteiger partial charge on any atom is -0.481 e. The number of nitrogens with zero attached hydrogens (tertiary/aromatic N) is 1. The molecule has 212 valence electrons. The number of rotatable bonds is 16. The number of benzene rings is 2. The SMILES string of the molecule is CCc1cc(CCCC(=O)O)ccc1S(=O)(=O)N(C)C[C@H](O)CNC(C)(C)CCCc1c(F)cccc1F. The number of aliphatic hydroxyl groups excluding tert-OH is 1. The average Bonchev–Trinajstić information content (AvgIpc) is 2.84. The van der Waals surface area contributed by atoms with Crippen LogP contribution in [-0.2, 0) is 34.1 Å². The monoisotopic (exact) mass is 554 g/mol. The van der Waals surface area contributed by atoms with Gasteiger partial charge in [0.15, 0.2) is 0 Å². The number of aliphatic hydroxyl groups is 1. The van der Waals surface area contributed by atoms with E-state index >= 15 is 0 Å². The summed E-state index contributed by atoms with van der Waals surface area (Å²) in [6.45, 7) is 5.73. The van der Waals surface area contributed by atoms with Gasteiger partial charge in [-0.1, -0.05) is 25.1 Å². The molecule has 3 N–H and O–H groups in total. The zero-order chi connectivity index (χ0) is 28.5. The van der Waals surface area contributed by atoms with Crippen LogP contribution in [0.4, 0.5) is 8.78 Å². The molecule has 0 saturated carbocycles. The highest BCUT2D eigenvalue weighted by molar-refractivity contribution is 7.89. The Kier molecular flexibility index (Phi) is 11.8. The molecule has 38 heavy (non-hydrogen) atoms. The molecule has 1 atom stereocenters. The number of nitrogens with one attached hydrogen (secondary N) is 1. The van der Waals surface area contributed by atoms with Crippen molar-refractivity contribution in [3.8, 4) is 0 Å². The van der Waals surface area contributed by atoms with Gasteiger partial charge >= 0.3 is 5.97 Å². The molecule has 0 saturated heterocycles. The number of likely N-dealkylation sites (N-methyl/N-ethyl adjacent to an activating group) is 1. The Morgan fingerprint density at radius 1 is 1.11 bits per heavy atom. The molecule has 7 nitrogen and oxygen atoms in total. The number of aliphatic carboxylic acids is 1. The van der Waals surface area contributed by atoms with Gasteiger partial charge in [-0.2, -0.15) is 4.31 Å². The average molecular weight is 555 g/mol. The summed E-state index contributed by atoms with van der Waals surface area (Å²) < 4.78 is 55.3. The van der Waals surface area contributed by atoms with Crippen LogP contribution in [0.1, 0.15) is 63.1 Å². The van der Waals surface area contributed by atoms with E-state index in [1.807, 2.05) is 20.8 Å². The lowest BCUT2D eigenvalue weighted by atomic mass is 9.95. The van der Waals surface area contributed by atoms with Crippen LogP contribution in [0.5, 0.6) is 0 Å². The van der Waals surface area contributed by atoms with Gasteiger partial charge in [0.1, 0.15) is 11.6 Å². The van der Waals surface area contributed by atoms with Gasteiger partial charge in [-0.05, 0) is 81.7 Å². The molecule has 0 aliphatic rings. The molecular formula is C28H40F2N2O5S. The van der Waals surface area contributed by atoms with Crippen molar-refractivity contribution in [3.05, 3.63) is 64.7 Å². The van der Waals surface area contributed by atoms with Gasteiger partial charge in [-0.15, -0.1) is 0 Å². The summed E-state index contributed by atoms with van der Waals surface area (Å²) in [4.78, 5) is 10.9. The Bertz CT molecular complexity index is 1170. The number of carboxylic acid groups (broad SMARTS) is 1. The lowest BCUT2D eigenvalue weighted by Crippen LogP contribution is -2.46. The quantitative estimate of drug-likeness (QED) is 0.286. The Balaban J connectivity index is 1.92. The normalized spacial score (nSPS) is 13.2. The van der Waals surface area contributed by atoms with E-state index in [0.29, 0.717) is 37.7 Å². The Hall–Kier alpha value is -2.40. The fourth-order valence-corrected chi connectivity index (χ4v) is 5.83. The topological polar surface area (TPSA) is 107 Å². The van der Waals surface area contributed by atoms with Gasteiger partial charge in [0.25, 0.3) is 0 Å². The van der Waals surface area contributed by atoms with Crippen LogP contribution < -0.4 is 5.32 Å². The zero-order valence-corrected chi connectivity index (χ0v) is 23.5. The Morgan fingerprint density at radius 3 is 2.37 bits per heavy atom. The molecule has 10 heteroatoms. The Morgan fingerprint density at radius 2 is 1.76 bits per heavy atom. The molecule has 0 fully saturated rings. The first-order chi connectivity index (χ1) is 17.8. The number of aryl methyl sites for hydroxylation is 2. The van der Waals surface area contributed by atoms with Crippen LogP contribution >= 0.6 is 0 Å². The summed E-state index contributed by atoms with van der Waals surface area (Å²) >= 11 is 0. The van der Waals surface area contributed by atoms with E-state index in [9.17, 15) is 27.1 Å². The van der Waals surface area contributed by atoms with Crippen molar-refractivity contribution >= 4 is 16.0 Å². The Labute approximate surface area is 224 Å². The molecule has 0 amide bonds. The lowest BCUT2D eigenvalue weighted by molar-refractivity contribution is -0.137. The van der Waals surface area contributed by atoms with Crippen molar-refractivity contribution in [1.29, 1.82) is 0 Å². The van der Waals surface area contributed by atoms with Gasteiger partial charge in [0.05, 0.1) is 11.0 Å². The fraction of sp³-hybridized carbons (Fsp3) is 0.536. The largest absolute Gasteiger partial charge is 0.481 e. The van der Waals surface area contributed by atoms with Gasteiger partial charge < -0.3 is 15.5 Å². The van der Waals surface area contributed by atoms with Crippen molar-refractivity contribution < 1.29 is 32.2 Å². The zero-order valence-electron chi connectivity index (χ0n) is 22.6. The molecule has 0 spiro atoms. The van der Waals surface area contributed by atoms with Gasteiger partial charge in [-0.25, -0.2) is 17.2 Å². The number of sulfonamides is 1. The second kappa shape index (κ2) is 14.1. The molecule has 0 aliphatic carbocycles. The first-order valence-corrected chi connectivity index (χ1v) is 14.4. The first-order valence-electron chi connectivity index (χ1n) is 12.9. The molecule has 2 aromatic carbocycles. The summed E-state index contributed by atoms with van der Waals surface area (Å²) in [5.74, 6) is -1.99. The van der Waals surface area contributed by atoms with Crippen LogP contribution in [0.25, 0.3) is 0 Å². The molecule has 0 radical (unpaired) electrons. The highest BCUT2D eigenvalue weighted by Gasteiger charge is 2.26. The number of β-amino-alcohol motifs (C(OH)–C–C–N with tert-alkyl or cyclic N) is 1. The minimum absolute atomic E-state index is 0.0527. The van der Waals surface area contributed by atoms with Crippen LogP contribution in [0.15, 0.2) is 41.3 Å². The summed E-state index contributed by atoms with van der Waals surface area (Å²) in [6.07, 6.45) is 1.98. The third kappa shape index (κ3) is 9.41. The van der Waals surface area contributed by atoms with Gasteiger partial charge in [-0.3, -0.25) is 4.79 Å². The summed E-state index contributed by atoms with van der Waals surface area (Å²) in [5.41, 5.74) is 1.15. The first kappa shape index (κ1) is 31.8. The van der Waals surface area contributed by atoms with E-state index in [4.69, 9.17) is 5.11 Å². The number of hydrogen-bond donors (Lipinski definition) is 3. The molecule has 0 heterocycles. The maximum atomic E-state index is 13.8. The molecule has 2 aromatic rings. The smallest absolute Gasteiger partial charge is 0.303 e. The predicted octanol–water partition coefficient (Wildman–Crippen LogP) is 4.31. The fourth-order valence-electron chi connectivity index (χ4n) is 4.35. The van der Waals surface area contributed by atoms with E-state index in [2.05, 4.69) is 5.32 Å². The molecule has 0 unspecified atom stereocenters. The van der Waals surface area contributed by atoms with Crippen molar-refractivity contribution in [2.24, 2.45) is 0 Å². The lowest BCUT2D eigenvalue weighted by Gasteiger charge is -2.29. The van der Waals surface area contributed by atoms with E-state index in [1.54, 1.807) is 18.2 Å². The van der Waals surface area contributed by atoms with Crippen LogP contribution in [0.3, 0.4) is 0 Å².